The average molecular weight is 224 g/mol. The van der Waals surface area contributed by atoms with Crippen molar-refractivity contribution in [3.05, 3.63) is 0 Å². The van der Waals surface area contributed by atoms with Gasteiger partial charge in [0.15, 0.2) is 0 Å². The topological polar surface area (TPSA) is 32.3 Å². The van der Waals surface area contributed by atoms with Crippen LogP contribution in [0.3, 0.4) is 0 Å². The van der Waals surface area contributed by atoms with E-state index < -0.39 is 0 Å². The van der Waals surface area contributed by atoms with Gasteiger partial charge in [-0.05, 0) is 30.6 Å². The molecule has 0 aromatic heterocycles. The molecule has 0 bridgehead atoms. The fraction of sp³-hybridized carbons (Fsp3) is 0.923. The summed E-state index contributed by atoms with van der Waals surface area (Å²) in [5.41, 5.74) is 0.443. The molecule has 1 atom stereocenters. The van der Waals surface area contributed by atoms with Gasteiger partial charge in [0.25, 0.3) is 0 Å². The van der Waals surface area contributed by atoms with Crippen molar-refractivity contribution in [1.29, 1.82) is 0 Å². The van der Waals surface area contributed by atoms with Crippen LogP contribution in [0.5, 0.6) is 0 Å². The second-order valence-electron chi connectivity index (χ2n) is 5.76. The summed E-state index contributed by atoms with van der Waals surface area (Å²) in [5, 5.41) is 3.32. The third-order valence-corrected chi connectivity index (χ3v) is 4.34. The Bertz CT molecular complexity index is 271. The predicted molar refractivity (Wildman–Crippen MR) is 64.9 cm³/mol. The third-order valence-electron chi connectivity index (χ3n) is 4.34. The molecule has 1 amide bonds. The zero-order chi connectivity index (χ0) is 11.8. The van der Waals surface area contributed by atoms with Crippen LogP contribution in [0.2, 0.25) is 0 Å². The number of rotatable bonds is 5. The largest absolute Gasteiger partial charge is 0.328 e. The minimum Gasteiger partial charge on any atom is -0.328 e. The van der Waals surface area contributed by atoms with Gasteiger partial charge in [-0.15, -0.1) is 0 Å². The van der Waals surface area contributed by atoms with Crippen LogP contribution in [0.1, 0.15) is 46.5 Å². The molecule has 0 radical (unpaired) electrons. The van der Waals surface area contributed by atoms with E-state index >= 15 is 0 Å². The fourth-order valence-corrected chi connectivity index (χ4v) is 2.71. The van der Waals surface area contributed by atoms with Crippen LogP contribution in [-0.4, -0.2) is 30.1 Å². The number of carbonyl (C=O) groups is 1. The predicted octanol–water partition coefficient (Wildman–Crippen LogP) is 1.98. The first-order valence-corrected chi connectivity index (χ1v) is 6.61. The maximum Gasteiger partial charge on any atom is 0.240 e. The summed E-state index contributed by atoms with van der Waals surface area (Å²) in [5.74, 6) is 1.03. The number of hydrogen-bond donors (Lipinski definition) is 1. The normalized spacial score (nSPS) is 27.9. The molecule has 0 aromatic carbocycles. The molecule has 16 heavy (non-hydrogen) atoms. The van der Waals surface area contributed by atoms with Crippen LogP contribution in [0.15, 0.2) is 0 Å². The summed E-state index contributed by atoms with van der Waals surface area (Å²) < 4.78 is 0. The van der Waals surface area contributed by atoms with Crippen molar-refractivity contribution >= 4 is 5.91 Å². The molecule has 1 aliphatic carbocycles. The maximum absolute atomic E-state index is 12.1. The SMILES string of the molecule is CCCC1NCN(CC2(C(C)C)CC2)C1=O. The highest BCUT2D eigenvalue weighted by molar-refractivity contribution is 5.83. The Kier molecular flexibility index (Phi) is 3.24. The quantitative estimate of drug-likeness (QED) is 0.774. The standard InChI is InChI=1S/C13H24N2O/c1-4-5-11-12(16)15(9-14-11)8-13(6-7-13)10(2)3/h10-11,14H,4-9H2,1-3H3. The molecule has 92 valence electrons. The average Bonchev–Trinajstić information content (AvgIpc) is 2.95. The molecule has 1 N–H and O–H groups in total. The molecule has 2 rings (SSSR count). The van der Waals surface area contributed by atoms with Gasteiger partial charge in [0.05, 0.1) is 12.7 Å². The van der Waals surface area contributed by atoms with Crippen molar-refractivity contribution in [2.24, 2.45) is 11.3 Å². The van der Waals surface area contributed by atoms with Crippen molar-refractivity contribution in [2.75, 3.05) is 13.2 Å². The van der Waals surface area contributed by atoms with E-state index in [2.05, 4.69) is 26.1 Å². The van der Waals surface area contributed by atoms with Crippen molar-refractivity contribution in [2.45, 2.75) is 52.5 Å². The molecule has 0 spiro atoms. The van der Waals surface area contributed by atoms with E-state index in [9.17, 15) is 4.79 Å². The Balaban J connectivity index is 1.90. The van der Waals surface area contributed by atoms with Gasteiger partial charge >= 0.3 is 0 Å². The summed E-state index contributed by atoms with van der Waals surface area (Å²) in [4.78, 5) is 14.1. The lowest BCUT2D eigenvalue weighted by atomic mass is 9.92. The number of carbonyl (C=O) groups excluding carboxylic acids is 1. The van der Waals surface area contributed by atoms with Gasteiger partial charge in [0.1, 0.15) is 0 Å². The highest BCUT2D eigenvalue weighted by Gasteiger charge is 2.48. The van der Waals surface area contributed by atoms with Gasteiger partial charge in [0, 0.05) is 6.54 Å². The Morgan fingerprint density at radius 2 is 2.19 bits per heavy atom. The number of hydrogen-bond acceptors (Lipinski definition) is 2. The van der Waals surface area contributed by atoms with Gasteiger partial charge in [-0.25, -0.2) is 0 Å². The van der Waals surface area contributed by atoms with Gasteiger partial charge in [0.2, 0.25) is 5.91 Å². The van der Waals surface area contributed by atoms with Crippen molar-refractivity contribution in [3.63, 3.8) is 0 Å². The summed E-state index contributed by atoms with van der Waals surface area (Å²) in [6.07, 6.45) is 4.65. The van der Waals surface area contributed by atoms with E-state index in [-0.39, 0.29) is 6.04 Å². The van der Waals surface area contributed by atoms with Crippen molar-refractivity contribution in [3.8, 4) is 0 Å². The van der Waals surface area contributed by atoms with E-state index in [1.165, 1.54) is 12.8 Å². The fourth-order valence-electron chi connectivity index (χ4n) is 2.71. The Morgan fingerprint density at radius 3 is 2.69 bits per heavy atom. The van der Waals surface area contributed by atoms with Crippen LogP contribution >= 0.6 is 0 Å². The monoisotopic (exact) mass is 224 g/mol. The first-order chi connectivity index (χ1) is 7.59. The summed E-state index contributed by atoms with van der Waals surface area (Å²) in [7, 11) is 0. The summed E-state index contributed by atoms with van der Waals surface area (Å²) >= 11 is 0. The minimum atomic E-state index is 0.0907. The van der Waals surface area contributed by atoms with E-state index in [1.807, 2.05) is 4.90 Å². The molecule has 1 saturated carbocycles. The molecule has 1 saturated heterocycles. The lowest BCUT2D eigenvalue weighted by Crippen LogP contribution is -2.36. The molecule has 2 fully saturated rings. The second kappa shape index (κ2) is 4.36. The molecule has 3 nitrogen and oxygen atoms in total. The molecule has 1 heterocycles. The zero-order valence-electron chi connectivity index (χ0n) is 10.8. The van der Waals surface area contributed by atoms with E-state index in [4.69, 9.17) is 0 Å². The molecule has 1 unspecified atom stereocenters. The second-order valence-corrected chi connectivity index (χ2v) is 5.76. The molecule has 0 aromatic rings. The maximum atomic E-state index is 12.1. The number of amides is 1. The Labute approximate surface area is 98.6 Å². The number of nitrogens with zero attached hydrogens (tertiary/aromatic N) is 1. The van der Waals surface area contributed by atoms with Crippen LogP contribution in [0.25, 0.3) is 0 Å². The van der Waals surface area contributed by atoms with E-state index in [0.29, 0.717) is 17.2 Å². The van der Waals surface area contributed by atoms with E-state index in [1.54, 1.807) is 0 Å². The number of nitrogens with one attached hydrogen (secondary N) is 1. The highest BCUT2D eigenvalue weighted by Crippen LogP contribution is 2.52. The Hall–Kier alpha value is -0.570. The van der Waals surface area contributed by atoms with Crippen molar-refractivity contribution in [1.82, 2.24) is 10.2 Å². The first kappa shape index (κ1) is 11.9. The third kappa shape index (κ3) is 2.10. The first-order valence-electron chi connectivity index (χ1n) is 6.61. The minimum absolute atomic E-state index is 0.0907. The molecule has 3 heteroatoms. The molecular formula is C13H24N2O. The summed E-state index contributed by atoms with van der Waals surface area (Å²) in [6, 6.07) is 0.0907. The van der Waals surface area contributed by atoms with Gasteiger partial charge in [-0.1, -0.05) is 27.2 Å². The van der Waals surface area contributed by atoms with Crippen LogP contribution in [0.4, 0.5) is 0 Å². The highest BCUT2D eigenvalue weighted by atomic mass is 16.2. The van der Waals surface area contributed by atoms with Crippen LogP contribution in [-0.2, 0) is 4.79 Å². The summed E-state index contributed by atoms with van der Waals surface area (Å²) in [6.45, 7) is 8.43. The lowest BCUT2D eigenvalue weighted by molar-refractivity contribution is -0.130. The van der Waals surface area contributed by atoms with E-state index in [0.717, 1.165) is 26.1 Å². The van der Waals surface area contributed by atoms with Crippen LogP contribution < -0.4 is 5.32 Å². The molecular weight excluding hydrogens is 200 g/mol. The van der Waals surface area contributed by atoms with Gasteiger partial charge in [-0.2, -0.15) is 0 Å². The molecule has 2 aliphatic rings. The van der Waals surface area contributed by atoms with Crippen molar-refractivity contribution < 1.29 is 4.79 Å². The van der Waals surface area contributed by atoms with Crippen LogP contribution in [0, 0.1) is 11.3 Å². The Morgan fingerprint density at radius 1 is 1.50 bits per heavy atom. The lowest BCUT2D eigenvalue weighted by Gasteiger charge is -2.26. The molecule has 1 aliphatic heterocycles. The zero-order valence-corrected chi connectivity index (χ0v) is 10.8. The smallest absolute Gasteiger partial charge is 0.240 e. The van der Waals surface area contributed by atoms with Gasteiger partial charge in [-0.3, -0.25) is 10.1 Å². The van der Waals surface area contributed by atoms with Gasteiger partial charge < -0.3 is 4.90 Å².